The number of fused-ring (bicyclic) bond motifs is 1. The van der Waals surface area contributed by atoms with Gasteiger partial charge in [-0.05, 0) is 18.1 Å². The molecule has 0 unspecified atom stereocenters. The molecule has 5 heteroatoms. The molecule has 106 valence electrons. The number of aromatic nitrogens is 1. The number of esters is 1. The second-order valence-electron chi connectivity index (χ2n) is 4.69. The van der Waals surface area contributed by atoms with Gasteiger partial charge in [-0.25, -0.2) is 0 Å². The maximum absolute atomic E-state index is 11.9. The first-order valence-electron chi connectivity index (χ1n) is 6.47. The lowest BCUT2D eigenvalue weighted by molar-refractivity contribution is -0.146. The standard InChI is InChI=1S/C15H18N2O3/c1-17(10-15(19)20-2)14(18)8-7-11-9-16-13-6-4-3-5-12(11)13/h3-6,9,16H,7-8,10H2,1-2H3. The lowest BCUT2D eigenvalue weighted by atomic mass is 10.1. The van der Waals surface area contributed by atoms with E-state index in [-0.39, 0.29) is 12.5 Å². The molecule has 0 fully saturated rings. The van der Waals surface area contributed by atoms with Crippen molar-refractivity contribution in [3.05, 3.63) is 36.0 Å². The Kier molecular flexibility index (Phi) is 4.40. The van der Waals surface area contributed by atoms with Crippen LogP contribution in [-0.2, 0) is 20.7 Å². The molecule has 0 bridgehead atoms. The van der Waals surface area contributed by atoms with Gasteiger partial charge in [0.05, 0.1) is 7.11 Å². The van der Waals surface area contributed by atoms with Gasteiger partial charge in [0, 0.05) is 30.6 Å². The molecule has 20 heavy (non-hydrogen) atoms. The minimum Gasteiger partial charge on any atom is -0.468 e. The summed E-state index contributed by atoms with van der Waals surface area (Å²) in [7, 11) is 2.92. The van der Waals surface area contributed by atoms with Crippen molar-refractivity contribution >= 4 is 22.8 Å². The van der Waals surface area contributed by atoms with E-state index in [1.54, 1.807) is 7.05 Å². The van der Waals surface area contributed by atoms with Gasteiger partial charge in [0.2, 0.25) is 5.91 Å². The van der Waals surface area contributed by atoms with Crippen LogP contribution in [0.5, 0.6) is 0 Å². The predicted molar refractivity (Wildman–Crippen MR) is 76.3 cm³/mol. The molecule has 1 heterocycles. The summed E-state index contributed by atoms with van der Waals surface area (Å²) in [6, 6.07) is 7.98. The SMILES string of the molecule is COC(=O)CN(C)C(=O)CCc1c[nH]c2ccccc12. The van der Waals surface area contributed by atoms with E-state index in [2.05, 4.69) is 9.72 Å². The smallest absolute Gasteiger partial charge is 0.325 e. The first-order valence-corrected chi connectivity index (χ1v) is 6.47. The van der Waals surface area contributed by atoms with Crippen LogP contribution < -0.4 is 0 Å². The summed E-state index contributed by atoms with van der Waals surface area (Å²) < 4.78 is 4.54. The van der Waals surface area contributed by atoms with Crippen LogP contribution >= 0.6 is 0 Å². The Bertz CT molecular complexity index is 618. The number of amides is 1. The molecule has 0 aliphatic rings. The summed E-state index contributed by atoms with van der Waals surface area (Å²) >= 11 is 0. The van der Waals surface area contributed by atoms with Crippen LogP contribution in [0.2, 0.25) is 0 Å². The summed E-state index contributed by atoms with van der Waals surface area (Å²) in [5, 5.41) is 1.14. The lowest BCUT2D eigenvalue weighted by Crippen LogP contribution is -2.32. The number of hydrogen-bond acceptors (Lipinski definition) is 3. The van der Waals surface area contributed by atoms with E-state index in [0.29, 0.717) is 12.8 Å². The fraction of sp³-hybridized carbons (Fsp3) is 0.333. The molecule has 5 nitrogen and oxygen atoms in total. The number of rotatable bonds is 5. The van der Waals surface area contributed by atoms with Crippen molar-refractivity contribution in [2.45, 2.75) is 12.8 Å². The maximum Gasteiger partial charge on any atom is 0.325 e. The molecule has 0 saturated carbocycles. The lowest BCUT2D eigenvalue weighted by Gasteiger charge is -2.15. The molecule has 2 aromatic rings. The Balaban J connectivity index is 1.95. The highest BCUT2D eigenvalue weighted by atomic mass is 16.5. The van der Waals surface area contributed by atoms with Crippen molar-refractivity contribution in [1.82, 2.24) is 9.88 Å². The van der Waals surface area contributed by atoms with E-state index in [1.165, 1.54) is 12.0 Å². The van der Waals surface area contributed by atoms with Gasteiger partial charge in [-0.3, -0.25) is 9.59 Å². The third-order valence-corrected chi connectivity index (χ3v) is 3.30. The average Bonchev–Trinajstić information content (AvgIpc) is 2.87. The molecule has 0 aliphatic heterocycles. The molecule has 0 atom stereocenters. The number of benzene rings is 1. The molecule has 1 aromatic carbocycles. The predicted octanol–water partition coefficient (Wildman–Crippen LogP) is 1.73. The molecular weight excluding hydrogens is 256 g/mol. The van der Waals surface area contributed by atoms with Crippen molar-refractivity contribution in [2.75, 3.05) is 20.7 Å². The molecule has 0 aliphatic carbocycles. The minimum absolute atomic E-state index is 0.0107. The van der Waals surface area contributed by atoms with Crippen LogP contribution in [0, 0.1) is 0 Å². The zero-order valence-corrected chi connectivity index (χ0v) is 11.7. The molecule has 1 amide bonds. The van der Waals surface area contributed by atoms with Crippen LogP contribution in [-0.4, -0.2) is 42.5 Å². The highest BCUT2D eigenvalue weighted by Crippen LogP contribution is 2.19. The summed E-state index contributed by atoms with van der Waals surface area (Å²) in [5.74, 6) is -0.478. The highest BCUT2D eigenvalue weighted by molar-refractivity contribution is 5.85. The largest absolute Gasteiger partial charge is 0.468 e. The summed E-state index contributed by atoms with van der Waals surface area (Å²) in [5.41, 5.74) is 2.18. The number of para-hydroxylation sites is 1. The average molecular weight is 274 g/mol. The van der Waals surface area contributed by atoms with E-state index in [4.69, 9.17) is 0 Å². The van der Waals surface area contributed by atoms with Crippen molar-refractivity contribution in [1.29, 1.82) is 0 Å². The number of hydrogen-bond donors (Lipinski definition) is 1. The molecule has 0 radical (unpaired) electrons. The summed E-state index contributed by atoms with van der Waals surface area (Å²) in [6.07, 6.45) is 2.95. The van der Waals surface area contributed by atoms with Gasteiger partial charge in [0.25, 0.3) is 0 Å². The van der Waals surface area contributed by atoms with Crippen LogP contribution in [0.15, 0.2) is 30.5 Å². The van der Waals surface area contributed by atoms with Crippen LogP contribution in [0.3, 0.4) is 0 Å². The van der Waals surface area contributed by atoms with Gasteiger partial charge in [-0.2, -0.15) is 0 Å². The maximum atomic E-state index is 11.9. The van der Waals surface area contributed by atoms with Gasteiger partial charge in [0.15, 0.2) is 0 Å². The Hall–Kier alpha value is -2.30. The monoisotopic (exact) mass is 274 g/mol. The third-order valence-electron chi connectivity index (χ3n) is 3.30. The number of carbonyl (C=O) groups excluding carboxylic acids is 2. The fourth-order valence-corrected chi connectivity index (χ4v) is 2.12. The normalized spacial score (nSPS) is 10.5. The Morgan fingerprint density at radius 1 is 1.30 bits per heavy atom. The number of nitrogens with zero attached hydrogens (tertiary/aromatic N) is 1. The summed E-state index contributed by atoms with van der Waals surface area (Å²) in [6.45, 7) is -0.0107. The molecule has 0 saturated heterocycles. The van der Waals surface area contributed by atoms with Crippen molar-refractivity contribution in [3.8, 4) is 0 Å². The van der Waals surface area contributed by atoms with E-state index >= 15 is 0 Å². The topological polar surface area (TPSA) is 62.4 Å². The van der Waals surface area contributed by atoms with Crippen molar-refractivity contribution in [2.24, 2.45) is 0 Å². The number of aryl methyl sites for hydroxylation is 1. The van der Waals surface area contributed by atoms with E-state index < -0.39 is 5.97 Å². The number of H-pyrrole nitrogens is 1. The quantitative estimate of drug-likeness (QED) is 0.845. The Morgan fingerprint density at radius 3 is 2.80 bits per heavy atom. The zero-order valence-electron chi connectivity index (χ0n) is 11.7. The number of ether oxygens (including phenoxy) is 1. The fourth-order valence-electron chi connectivity index (χ4n) is 2.12. The Labute approximate surface area is 117 Å². The molecule has 0 spiro atoms. The van der Waals surface area contributed by atoms with E-state index in [9.17, 15) is 9.59 Å². The van der Waals surface area contributed by atoms with Gasteiger partial charge in [-0.15, -0.1) is 0 Å². The number of carbonyl (C=O) groups is 2. The van der Waals surface area contributed by atoms with Gasteiger partial charge >= 0.3 is 5.97 Å². The molecular formula is C15H18N2O3. The second kappa shape index (κ2) is 6.23. The van der Waals surface area contributed by atoms with E-state index in [0.717, 1.165) is 16.5 Å². The summed E-state index contributed by atoms with van der Waals surface area (Å²) in [4.78, 5) is 27.6. The third kappa shape index (κ3) is 3.17. The molecule has 1 aromatic heterocycles. The van der Waals surface area contributed by atoms with Crippen LogP contribution in [0.25, 0.3) is 10.9 Å². The zero-order chi connectivity index (χ0) is 14.5. The molecule has 2 rings (SSSR count). The van der Waals surface area contributed by atoms with Gasteiger partial charge in [0.1, 0.15) is 6.54 Å². The first kappa shape index (κ1) is 14.1. The number of aromatic amines is 1. The number of methoxy groups -OCH3 is 1. The highest BCUT2D eigenvalue weighted by Gasteiger charge is 2.13. The minimum atomic E-state index is -0.409. The second-order valence-corrected chi connectivity index (χ2v) is 4.69. The first-order chi connectivity index (χ1) is 9.61. The van der Waals surface area contributed by atoms with Gasteiger partial charge < -0.3 is 14.6 Å². The number of nitrogens with one attached hydrogen (secondary N) is 1. The van der Waals surface area contributed by atoms with Crippen molar-refractivity contribution < 1.29 is 14.3 Å². The van der Waals surface area contributed by atoms with E-state index in [1.807, 2.05) is 30.5 Å². The van der Waals surface area contributed by atoms with Crippen LogP contribution in [0.1, 0.15) is 12.0 Å². The molecule has 1 N–H and O–H groups in total. The Morgan fingerprint density at radius 2 is 2.05 bits per heavy atom. The van der Waals surface area contributed by atoms with Crippen LogP contribution in [0.4, 0.5) is 0 Å². The van der Waals surface area contributed by atoms with Gasteiger partial charge in [-0.1, -0.05) is 18.2 Å². The number of likely N-dealkylation sites (N-methyl/N-ethyl adjacent to an activating group) is 1. The van der Waals surface area contributed by atoms with Crippen molar-refractivity contribution in [3.63, 3.8) is 0 Å².